The molecule has 0 bridgehead atoms. The van der Waals surface area contributed by atoms with Gasteiger partial charge in [0, 0.05) is 24.6 Å². The Labute approximate surface area is 101 Å². The summed E-state index contributed by atoms with van der Waals surface area (Å²) < 4.78 is 0. The summed E-state index contributed by atoms with van der Waals surface area (Å²) in [4.78, 5) is 15.6. The van der Waals surface area contributed by atoms with Gasteiger partial charge >= 0.3 is 0 Å². The van der Waals surface area contributed by atoms with Gasteiger partial charge in [-0.15, -0.1) is 12.4 Å². The van der Waals surface area contributed by atoms with Crippen molar-refractivity contribution in [2.75, 3.05) is 12.3 Å². The fourth-order valence-electron chi connectivity index (χ4n) is 1.37. The van der Waals surface area contributed by atoms with Crippen LogP contribution in [0, 0.1) is 5.41 Å². The molecule has 1 aromatic rings. The summed E-state index contributed by atoms with van der Waals surface area (Å²) in [7, 11) is 0. The molecule has 1 fully saturated rings. The van der Waals surface area contributed by atoms with Gasteiger partial charge in [0.05, 0.1) is 5.56 Å². The second-order valence-electron chi connectivity index (χ2n) is 4.46. The van der Waals surface area contributed by atoms with Gasteiger partial charge in [0.15, 0.2) is 0 Å². The number of hydrogen-bond acceptors (Lipinski definition) is 3. The number of aromatic nitrogens is 1. The average Bonchev–Trinajstić information content (AvgIpc) is 2.95. The third kappa shape index (κ3) is 2.85. The van der Waals surface area contributed by atoms with Crippen LogP contribution < -0.4 is 11.1 Å². The second-order valence-corrected chi connectivity index (χ2v) is 4.46. The minimum atomic E-state index is -0.131. The number of nitrogens with two attached hydrogens (primary N) is 1. The first-order chi connectivity index (χ1) is 7.11. The molecule has 4 nitrogen and oxygen atoms in total. The average molecular weight is 242 g/mol. The second kappa shape index (κ2) is 4.70. The molecule has 88 valence electrons. The van der Waals surface area contributed by atoms with Crippen molar-refractivity contribution < 1.29 is 4.79 Å². The molecule has 0 radical (unpaired) electrons. The van der Waals surface area contributed by atoms with E-state index in [1.54, 1.807) is 12.3 Å². The summed E-state index contributed by atoms with van der Waals surface area (Å²) >= 11 is 0. The number of amides is 1. The third-order valence-electron chi connectivity index (χ3n) is 2.88. The molecule has 3 N–H and O–H groups in total. The summed E-state index contributed by atoms with van der Waals surface area (Å²) in [5.74, 6) is -0.131. The third-order valence-corrected chi connectivity index (χ3v) is 2.88. The molecule has 0 spiro atoms. The molecule has 1 heterocycles. The van der Waals surface area contributed by atoms with Crippen LogP contribution in [0.15, 0.2) is 18.5 Å². The quantitative estimate of drug-likeness (QED) is 0.845. The summed E-state index contributed by atoms with van der Waals surface area (Å²) in [5, 5.41) is 2.88. The zero-order valence-corrected chi connectivity index (χ0v) is 10.0. The summed E-state index contributed by atoms with van der Waals surface area (Å²) in [5.41, 5.74) is 6.92. The number of halogens is 1. The van der Waals surface area contributed by atoms with Crippen molar-refractivity contribution in [2.24, 2.45) is 5.41 Å². The zero-order valence-electron chi connectivity index (χ0n) is 9.19. The maximum absolute atomic E-state index is 11.7. The van der Waals surface area contributed by atoms with Crippen LogP contribution in [0.1, 0.15) is 30.1 Å². The van der Waals surface area contributed by atoms with Crippen LogP contribution in [-0.2, 0) is 0 Å². The molecule has 0 aromatic carbocycles. The van der Waals surface area contributed by atoms with Crippen molar-refractivity contribution in [3.05, 3.63) is 24.0 Å². The topological polar surface area (TPSA) is 68.0 Å². The molecule has 1 aromatic heterocycles. The molecule has 0 unspecified atom stereocenters. The Bertz CT molecular complexity index is 391. The number of hydrogen-bond donors (Lipinski definition) is 2. The fourth-order valence-corrected chi connectivity index (χ4v) is 1.37. The molecule has 1 saturated carbocycles. The van der Waals surface area contributed by atoms with Crippen molar-refractivity contribution in [3.63, 3.8) is 0 Å². The van der Waals surface area contributed by atoms with Gasteiger partial charge in [-0.1, -0.05) is 6.92 Å². The van der Waals surface area contributed by atoms with Crippen molar-refractivity contribution in [1.82, 2.24) is 10.3 Å². The Morgan fingerprint density at radius 1 is 1.62 bits per heavy atom. The molecular formula is C11H16ClN3O. The molecule has 16 heavy (non-hydrogen) atoms. The summed E-state index contributed by atoms with van der Waals surface area (Å²) in [6.45, 7) is 2.89. The first-order valence-electron chi connectivity index (χ1n) is 5.08. The highest BCUT2D eigenvalue weighted by molar-refractivity contribution is 5.98. The molecule has 0 saturated heterocycles. The highest BCUT2D eigenvalue weighted by atomic mass is 35.5. The molecule has 0 aliphatic heterocycles. The lowest BCUT2D eigenvalue weighted by Crippen LogP contribution is -2.29. The van der Waals surface area contributed by atoms with Crippen LogP contribution in [0.2, 0.25) is 0 Å². The lowest BCUT2D eigenvalue weighted by molar-refractivity contribution is 0.0946. The van der Waals surface area contributed by atoms with Crippen molar-refractivity contribution in [1.29, 1.82) is 0 Å². The molecule has 1 aliphatic carbocycles. The van der Waals surface area contributed by atoms with E-state index in [0.717, 1.165) is 6.54 Å². The van der Waals surface area contributed by atoms with E-state index in [-0.39, 0.29) is 18.3 Å². The first-order valence-corrected chi connectivity index (χ1v) is 5.08. The van der Waals surface area contributed by atoms with E-state index in [4.69, 9.17) is 5.73 Å². The fraction of sp³-hybridized carbons (Fsp3) is 0.455. The van der Waals surface area contributed by atoms with Crippen molar-refractivity contribution in [3.8, 4) is 0 Å². The molecule has 1 aliphatic rings. The van der Waals surface area contributed by atoms with E-state index in [9.17, 15) is 4.79 Å². The normalized spacial score (nSPS) is 16.1. The highest BCUT2D eigenvalue weighted by Gasteiger charge is 2.37. The van der Waals surface area contributed by atoms with Gasteiger partial charge < -0.3 is 11.1 Å². The van der Waals surface area contributed by atoms with Gasteiger partial charge in [0.2, 0.25) is 0 Å². The minimum Gasteiger partial charge on any atom is -0.398 e. The van der Waals surface area contributed by atoms with Gasteiger partial charge in [0.25, 0.3) is 5.91 Å². The molecule has 1 amide bonds. The number of pyridine rings is 1. The Balaban J connectivity index is 0.00000128. The maximum atomic E-state index is 11.7. The smallest absolute Gasteiger partial charge is 0.254 e. The number of rotatable bonds is 3. The SMILES string of the molecule is CC1(CNC(=O)c2cnccc2N)CC1.Cl. The summed E-state index contributed by atoms with van der Waals surface area (Å²) in [6, 6.07) is 1.63. The molecule has 2 rings (SSSR count). The van der Waals surface area contributed by atoms with Gasteiger partial charge in [-0.25, -0.2) is 0 Å². The van der Waals surface area contributed by atoms with E-state index in [2.05, 4.69) is 17.2 Å². The lowest BCUT2D eigenvalue weighted by atomic mass is 10.1. The van der Waals surface area contributed by atoms with Crippen LogP contribution in [0.5, 0.6) is 0 Å². The van der Waals surface area contributed by atoms with Crippen LogP contribution in [0.4, 0.5) is 5.69 Å². The van der Waals surface area contributed by atoms with Gasteiger partial charge in [-0.3, -0.25) is 9.78 Å². The number of carbonyl (C=O) groups excluding carboxylic acids is 1. The van der Waals surface area contributed by atoms with E-state index in [1.807, 2.05) is 0 Å². The zero-order chi connectivity index (χ0) is 10.9. The molecule has 5 heteroatoms. The predicted octanol–water partition coefficient (Wildman–Crippen LogP) is 1.62. The maximum Gasteiger partial charge on any atom is 0.254 e. The number of nitrogen functional groups attached to an aromatic ring is 1. The van der Waals surface area contributed by atoms with Crippen molar-refractivity contribution in [2.45, 2.75) is 19.8 Å². The van der Waals surface area contributed by atoms with Gasteiger partial charge in [0.1, 0.15) is 0 Å². The standard InChI is InChI=1S/C11H15N3O.ClH/c1-11(3-4-11)7-14-10(15)8-6-13-5-2-9(8)12;/h2,5-6H,3-4,7H2,1H3,(H2,12,13)(H,14,15);1H. The molecule has 0 atom stereocenters. The molecular weight excluding hydrogens is 226 g/mol. The van der Waals surface area contributed by atoms with E-state index < -0.39 is 0 Å². The van der Waals surface area contributed by atoms with E-state index >= 15 is 0 Å². The first kappa shape index (κ1) is 12.8. The number of nitrogens with one attached hydrogen (secondary N) is 1. The van der Waals surface area contributed by atoms with Crippen LogP contribution in [-0.4, -0.2) is 17.4 Å². The number of nitrogens with zero attached hydrogens (tertiary/aromatic N) is 1. The van der Waals surface area contributed by atoms with Crippen molar-refractivity contribution >= 4 is 24.0 Å². The van der Waals surface area contributed by atoms with Gasteiger partial charge in [-0.05, 0) is 24.3 Å². The van der Waals surface area contributed by atoms with E-state index in [1.165, 1.54) is 19.0 Å². The summed E-state index contributed by atoms with van der Waals surface area (Å²) in [6.07, 6.45) is 5.46. The van der Waals surface area contributed by atoms with Crippen LogP contribution in [0.25, 0.3) is 0 Å². The lowest BCUT2D eigenvalue weighted by Gasteiger charge is -2.10. The van der Waals surface area contributed by atoms with Gasteiger partial charge in [-0.2, -0.15) is 0 Å². The number of carbonyl (C=O) groups is 1. The Kier molecular flexibility index (Phi) is 3.75. The Hall–Kier alpha value is -1.29. The number of anilines is 1. The Morgan fingerprint density at radius 2 is 2.31 bits per heavy atom. The Morgan fingerprint density at radius 3 is 2.88 bits per heavy atom. The largest absolute Gasteiger partial charge is 0.398 e. The monoisotopic (exact) mass is 241 g/mol. The van der Waals surface area contributed by atoms with E-state index in [0.29, 0.717) is 16.7 Å². The van der Waals surface area contributed by atoms with Crippen LogP contribution in [0.3, 0.4) is 0 Å². The predicted molar refractivity (Wildman–Crippen MR) is 65.6 cm³/mol. The van der Waals surface area contributed by atoms with Crippen LogP contribution >= 0.6 is 12.4 Å². The highest BCUT2D eigenvalue weighted by Crippen LogP contribution is 2.44. The minimum absolute atomic E-state index is 0.